The third-order valence-electron chi connectivity index (χ3n) is 5.49. The van der Waals surface area contributed by atoms with Crippen LogP contribution in [0.15, 0.2) is 36.7 Å². The van der Waals surface area contributed by atoms with Crippen molar-refractivity contribution in [3.05, 3.63) is 36.7 Å². The van der Waals surface area contributed by atoms with Crippen LogP contribution in [0.25, 0.3) is 0 Å². The maximum absolute atomic E-state index is 13.0. The molecule has 3 aliphatic rings. The van der Waals surface area contributed by atoms with Crippen molar-refractivity contribution in [3.8, 4) is 0 Å². The maximum Gasteiger partial charge on any atom is 0.235 e. The molecule has 0 aromatic carbocycles. The van der Waals surface area contributed by atoms with E-state index in [1.165, 1.54) is 0 Å². The molecule has 3 heterocycles. The van der Waals surface area contributed by atoms with E-state index in [0.29, 0.717) is 13.1 Å². The second-order valence-electron chi connectivity index (χ2n) is 6.85. The van der Waals surface area contributed by atoms with Gasteiger partial charge in [-0.25, -0.2) is 0 Å². The third kappa shape index (κ3) is 2.35. The zero-order valence-electron chi connectivity index (χ0n) is 13.1. The Bertz CT molecular complexity index is 649. The summed E-state index contributed by atoms with van der Waals surface area (Å²) in [5.74, 6) is 0.473. The molecule has 2 amide bonds. The van der Waals surface area contributed by atoms with Crippen LogP contribution in [0.5, 0.6) is 0 Å². The van der Waals surface area contributed by atoms with E-state index < -0.39 is 0 Å². The molecule has 0 unspecified atom stereocenters. The van der Waals surface area contributed by atoms with E-state index >= 15 is 0 Å². The molecular formula is C18H21N3O2. The zero-order chi connectivity index (χ0) is 15.9. The van der Waals surface area contributed by atoms with Crippen molar-refractivity contribution in [1.82, 2.24) is 9.88 Å². The molecule has 1 aromatic rings. The van der Waals surface area contributed by atoms with Gasteiger partial charge in [-0.3, -0.25) is 14.6 Å². The van der Waals surface area contributed by atoms with Crippen LogP contribution in [0.1, 0.15) is 25.7 Å². The number of allylic oxidation sites excluding steroid dienone is 2. The van der Waals surface area contributed by atoms with Crippen molar-refractivity contribution in [1.29, 1.82) is 0 Å². The first-order chi connectivity index (χ1) is 11.2. The molecule has 0 bridgehead atoms. The summed E-state index contributed by atoms with van der Waals surface area (Å²) < 4.78 is 0. The largest absolute Gasteiger partial charge is 0.341 e. The Kier molecular flexibility index (Phi) is 3.43. The van der Waals surface area contributed by atoms with Gasteiger partial charge in [0.2, 0.25) is 11.8 Å². The second kappa shape index (κ2) is 5.48. The standard InChI is InChI=1S/C18H21N3O2/c22-16(14-4-1-2-5-14)20-10-7-18(13-20)8-11-21(17(18)23)15-6-3-9-19-12-15/h1-3,6,9,12,14H,4-5,7-8,10-11,13H2/t18-/m0/s1. The quantitative estimate of drug-likeness (QED) is 0.785. The van der Waals surface area contributed by atoms with Crippen molar-refractivity contribution in [2.75, 3.05) is 24.5 Å². The number of carbonyl (C=O) groups excluding carboxylic acids is 2. The summed E-state index contributed by atoms with van der Waals surface area (Å²) in [5, 5.41) is 0. The number of amides is 2. The highest BCUT2D eigenvalue weighted by atomic mass is 16.2. The molecule has 120 valence electrons. The van der Waals surface area contributed by atoms with Gasteiger partial charge < -0.3 is 9.80 Å². The first-order valence-corrected chi connectivity index (χ1v) is 8.35. The monoisotopic (exact) mass is 311 g/mol. The minimum absolute atomic E-state index is 0.0936. The molecule has 0 radical (unpaired) electrons. The Morgan fingerprint density at radius 3 is 2.74 bits per heavy atom. The fraction of sp³-hybridized carbons (Fsp3) is 0.500. The van der Waals surface area contributed by atoms with Crippen molar-refractivity contribution >= 4 is 17.5 Å². The van der Waals surface area contributed by atoms with Gasteiger partial charge in [-0.05, 0) is 37.8 Å². The first-order valence-electron chi connectivity index (χ1n) is 8.35. The summed E-state index contributed by atoms with van der Waals surface area (Å²) in [6.45, 7) is 2.01. The number of hydrogen-bond donors (Lipinski definition) is 0. The van der Waals surface area contributed by atoms with Gasteiger partial charge in [0.15, 0.2) is 0 Å². The maximum atomic E-state index is 13.0. The van der Waals surface area contributed by atoms with Crippen molar-refractivity contribution in [2.24, 2.45) is 11.3 Å². The Hall–Kier alpha value is -2.17. The number of likely N-dealkylation sites (tertiary alicyclic amines) is 1. The summed E-state index contributed by atoms with van der Waals surface area (Å²) in [5.41, 5.74) is 0.483. The topological polar surface area (TPSA) is 53.5 Å². The second-order valence-corrected chi connectivity index (χ2v) is 6.85. The lowest BCUT2D eigenvalue weighted by Crippen LogP contribution is -2.39. The smallest absolute Gasteiger partial charge is 0.235 e. The lowest BCUT2D eigenvalue weighted by molar-refractivity contribution is -0.135. The number of nitrogens with zero attached hydrogens (tertiary/aromatic N) is 3. The van der Waals surface area contributed by atoms with Crippen LogP contribution >= 0.6 is 0 Å². The summed E-state index contributed by atoms with van der Waals surface area (Å²) in [6.07, 6.45) is 10.9. The molecule has 2 saturated heterocycles. The van der Waals surface area contributed by atoms with Crippen LogP contribution in [0.2, 0.25) is 0 Å². The molecule has 0 saturated carbocycles. The van der Waals surface area contributed by atoms with E-state index in [-0.39, 0.29) is 23.1 Å². The van der Waals surface area contributed by atoms with E-state index in [2.05, 4.69) is 17.1 Å². The normalized spacial score (nSPS) is 27.6. The third-order valence-corrected chi connectivity index (χ3v) is 5.49. The highest BCUT2D eigenvalue weighted by molar-refractivity contribution is 6.00. The predicted octanol–water partition coefficient (Wildman–Crippen LogP) is 2.00. The van der Waals surface area contributed by atoms with E-state index in [1.807, 2.05) is 21.9 Å². The molecule has 0 N–H and O–H groups in total. The number of aromatic nitrogens is 1. The highest BCUT2D eigenvalue weighted by Gasteiger charge is 2.52. The molecule has 1 aromatic heterocycles. The van der Waals surface area contributed by atoms with Crippen LogP contribution < -0.4 is 4.90 Å². The van der Waals surface area contributed by atoms with Gasteiger partial charge in [0.1, 0.15) is 0 Å². The molecule has 5 heteroatoms. The highest BCUT2D eigenvalue weighted by Crippen LogP contribution is 2.42. The first kappa shape index (κ1) is 14.4. The molecule has 4 rings (SSSR count). The minimum Gasteiger partial charge on any atom is -0.341 e. The minimum atomic E-state index is -0.377. The van der Waals surface area contributed by atoms with Gasteiger partial charge >= 0.3 is 0 Å². The summed E-state index contributed by atoms with van der Waals surface area (Å²) >= 11 is 0. The summed E-state index contributed by atoms with van der Waals surface area (Å²) in [4.78, 5) is 33.4. The van der Waals surface area contributed by atoms with Gasteiger partial charge in [0.05, 0.1) is 17.3 Å². The van der Waals surface area contributed by atoms with E-state index in [1.54, 1.807) is 12.4 Å². The van der Waals surface area contributed by atoms with Crippen LogP contribution in [0.4, 0.5) is 5.69 Å². The molecule has 1 atom stereocenters. The predicted molar refractivity (Wildman–Crippen MR) is 86.7 cm³/mol. The Balaban J connectivity index is 1.48. The molecule has 2 fully saturated rings. The van der Waals surface area contributed by atoms with Crippen molar-refractivity contribution in [2.45, 2.75) is 25.7 Å². The van der Waals surface area contributed by atoms with Gasteiger partial charge in [0, 0.05) is 31.7 Å². The Morgan fingerprint density at radius 2 is 2.00 bits per heavy atom. The van der Waals surface area contributed by atoms with Gasteiger partial charge in [-0.2, -0.15) is 0 Å². The zero-order valence-corrected chi connectivity index (χ0v) is 13.1. The van der Waals surface area contributed by atoms with Crippen LogP contribution in [-0.4, -0.2) is 41.3 Å². The average molecular weight is 311 g/mol. The molecular weight excluding hydrogens is 290 g/mol. The van der Waals surface area contributed by atoms with Gasteiger partial charge in [-0.1, -0.05) is 12.2 Å². The van der Waals surface area contributed by atoms with Crippen LogP contribution in [0.3, 0.4) is 0 Å². The van der Waals surface area contributed by atoms with Gasteiger partial charge in [-0.15, -0.1) is 0 Å². The Labute approximate surface area is 136 Å². The van der Waals surface area contributed by atoms with Crippen molar-refractivity contribution < 1.29 is 9.59 Å². The van der Waals surface area contributed by atoms with Gasteiger partial charge in [0.25, 0.3) is 0 Å². The number of anilines is 1. The van der Waals surface area contributed by atoms with Crippen LogP contribution in [-0.2, 0) is 9.59 Å². The molecule has 5 nitrogen and oxygen atoms in total. The van der Waals surface area contributed by atoms with E-state index in [4.69, 9.17) is 0 Å². The summed E-state index contributed by atoms with van der Waals surface area (Å²) in [6, 6.07) is 3.77. The number of hydrogen-bond acceptors (Lipinski definition) is 3. The number of carbonyl (C=O) groups is 2. The Morgan fingerprint density at radius 1 is 1.22 bits per heavy atom. The summed E-state index contributed by atoms with van der Waals surface area (Å²) in [7, 11) is 0. The average Bonchev–Trinajstić information content (AvgIpc) is 3.31. The molecule has 1 spiro atoms. The van der Waals surface area contributed by atoms with E-state index in [0.717, 1.165) is 37.9 Å². The lowest BCUT2D eigenvalue weighted by Gasteiger charge is -2.25. The SMILES string of the molecule is O=C(C1CC=CC1)N1CC[C@]2(CCN(c3cccnc3)C2=O)C1. The number of pyridine rings is 1. The molecule has 1 aliphatic carbocycles. The molecule has 2 aliphatic heterocycles. The fourth-order valence-corrected chi connectivity index (χ4v) is 4.10. The lowest BCUT2D eigenvalue weighted by atomic mass is 9.85. The van der Waals surface area contributed by atoms with E-state index in [9.17, 15) is 9.59 Å². The number of rotatable bonds is 2. The van der Waals surface area contributed by atoms with Crippen molar-refractivity contribution in [3.63, 3.8) is 0 Å². The molecule has 23 heavy (non-hydrogen) atoms. The fourth-order valence-electron chi connectivity index (χ4n) is 4.10. The van der Waals surface area contributed by atoms with Crippen LogP contribution in [0, 0.1) is 11.3 Å².